The molecule has 0 saturated carbocycles. The van der Waals surface area contributed by atoms with E-state index in [0.717, 1.165) is 28.6 Å². The number of aromatic nitrogens is 1. The van der Waals surface area contributed by atoms with Crippen molar-refractivity contribution >= 4 is 37.5 Å². The molecule has 33 heavy (non-hydrogen) atoms. The summed E-state index contributed by atoms with van der Waals surface area (Å²) in [6, 6.07) is 12.0. The standard InChI is InChI=1S/C24H31N3O4S2/c1-5-7-15-26(4)33(29,30)20-13-11-19(12-14-20)23(28)25-24-27(16-17-31-6-2)22-18(3)9-8-10-21(22)32-24/h8-14H,5-7,15-17H2,1-4H3. The Morgan fingerprint density at radius 2 is 1.88 bits per heavy atom. The van der Waals surface area contributed by atoms with Crippen molar-refractivity contribution in [3.05, 3.63) is 58.4 Å². The lowest BCUT2D eigenvalue weighted by atomic mass is 10.2. The van der Waals surface area contributed by atoms with Crippen LogP contribution in [0.4, 0.5) is 0 Å². The smallest absolute Gasteiger partial charge is 0.279 e. The second-order valence-corrected chi connectivity index (χ2v) is 10.8. The summed E-state index contributed by atoms with van der Waals surface area (Å²) in [7, 11) is -2.01. The Bertz CT molecular complexity index is 1280. The fourth-order valence-corrected chi connectivity index (χ4v) is 5.84. The van der Waals surface area contributed by atoms with Crippen molar-refractivity contribution in [2.75, 3.05) is 26.8 Å². The van der Waals surface area contributed by atoms with E-state index in [1.165, 1.54) is 39.9 Å². The summed E-state index contributed by atoms with van der Waals surface area (Å²) in [5.74, 6) is -0.410. The normalized spacial score (nSPS) is 12.7. The molecular formula is C24H31N3O4S2. The topological polar surface area (TPSA) is 81.0 Å². The molecule has 0 spiro atoms. The lowest BCUT2D eigenvalue weighted by Gasteiger charge is -2.16. The minimum Gasteiger partial charge on any atom is -0.380 e. The van der Waals surface area contributed by atoms with E-state index in [2.05, 4.69) is 4.99 Å². The molecule has 7 nitrogen and oxygen atoms in total. The van der Waals surface area contributed by atoms with E-state index in [0.29, 0.717) is 36.7 Å². The quantitative estimate of drug-likeness (QED) is 0.400. The Morgan fingerprint density at radius 1 is 1.15 bits per heavy atom. The van der Waals surface area contributed by atoms with E-state index in [-0.39, 0.29) is 4.90 Å². The zero-order valence-corrected chi connectivity index (χ0v) is 21.2. The van der Waals surface area contributed by atoms with Gasteiger partial charge in [0.1, 0.15) is 0 Å². The Balaban J connectivity index is 1.92. The fraction of sp³-hybridized carbons (Fsp3) is 0.417. The van der Waals surface area contributed by atoms with Crippen molar-refractivity contribution in [2.24, 2.45) is 4.99 Å². The number of thiazole rings is 1. The van der Waals surface area contributed by atoms with Gasteiger partial charge >= 0.3 is 0 Å². The van der Waals surface area contributed by atoms with E-state index in [9.17, 15) is 13.2 Å². The lowest BCUT2D eigenvalue weighted by molar-refractivity contribution is 0.0996. The number of nitrogens with zero attached hydrogens (tertiary/aromatic N) is 3. The molecule has 0 aliphatic rings. The van der Waals surface area contributed by atoms with Gasteiger partial charge < -0.3 is 9.30 Å². The molecule has 0 bridgehead atoms. The third kappa shape index (κ3) is 5.78. The number of aryl methyl sites for hydroxylation is 1. The second-order valence-electron chi connectivity index (χ2n) is 7.78. The van der Waals surface area contributed by atoms with Gasteiger partial charge in [0.25, 0.3) is 5.91 Å². The van der Waals surface area contributed by atoms with Crippen LogP contribution in [0.1, 0.15) is 42.6 Å². The number of hydrogen-bond donors (Lipinski definition) is 0. The molecule has 9 heteroatoms. The number of amides is 1. The molecule has 3 aromatic rings. The molecule has 0 aliphatic heterocycles. The molecule has 178 valence electrons. The van der Waals surface area contributed by atoms with Crippen molar-refractivity contribution in [3.63, 3.8) is 0 Å². The first-order chi connectivity index (χ1) is 15.8. The minimum atomic E-state index is -3.58. The molecule has 1 amide bonds. The highest BCUT2D eigenvalue weighted by Crippen LogP contribution is 2.21. The highest BCUT2D eigenvalue weighted by atomic mass is 32.2. The largest absolute Gasteiger partial charge is 0.380 e. The summed E-state index contributed by atoms with van der Waals surface area (Å²) in [4.78, 5) is 18.1. The lowest BCUT2D eigenvalue weighted by Crippen LogP contribution is -2.27. The monoisotopic (exact) mass is 489 g/mol. The summed E-state index contributed by atoms with van der Waals surface area (Å²) >= 11 is 1.46. The summed E-state index contributed by atoms with van der Waals surface area (Å²) in [6.07, 6.45) is 1.71. The minimum absolute atomic E-state index is 0.168. The number of carbonyl (C=O) groups excluding carboxylic acids is 1. The fourth-order valence-electron chi connectivity index (χ4n) is 3.50. The molecule has 0 unspecified atom stereocenters. The van der Waals surface area contributed by atoms with Crippen molar-refractivity contribution < 1.29 is 17.9 Å². The van der Waals surface area contributed by atoms with Gasteiger partial charge in [0.2, 0.25) is 10.0 Å². The molecule has 0 aliphatic carbocycles. The van der Waals surface area contributed by atoms with Crippen LogP contribution in [0.15, 0.2) is 52.4 Å². The van der Waals surface area contributed by atoms with E-state index >= 15 is 0 Å². The summed E-state index contributed by atoms with van der Waals surface area (Å²) in [5, 5.41) is 0. The number of sulfonamides is 1. The molecule has 0 fully saturated rings. The molecule has 1 heterocycles. The van der Waals surface area contributed by atoms with E-state index in [4.69, 9.17) is 4.74 Å². The van der Waals surface area contributed by atoms with Crippen molar-refractivity contribution in [1.29, 1.82) is 0 Å². The van der Waals surface area contributed by atoms with E-state index in [1.54, 1.807) is 7.05 Å². The summed E-state index contributed by atoms with van der Waals surface area (Å²) < 4.78 is 35.4. The predicted molar refractivity (Wildman–Crippen MR) is 132 cm³/mol. The molecule has 0 N–H and O–H groups in total. The maximum absolute atomic E-state index is 12.9. The molecule has 0 radical (unpaired) electrons. The van der Waals surface area contributed by atoms with E-state index in [1.807, 2.05) is 43.5 Å². The Morgan fingerprint density at radius 3 is 2.55 bits per heavy atom. The first kappa shape index (κ1) is 25.3. The van der Waals surface area contributed by atoms with Crippen molar-refractivity contribution in [2.45, 2.75) is 45.1 Å². The number of carbonyl (C=O) groups is 1. The third-order valence-corrected chi connectivity index (χ3v) is 8.31. The van der Waals surface area contributed by atoms with Crippen molar-refractivity contribution in [3.8, 4) is 0 Å². The number of ether oxygens (including phenoxy) is 1. The number of fused-ring (bicyclic) bond motifs is 1. The average molecular weight is 490 g/mol. The van der Waals surface area contributed by atoms with Crippen LogP contribution in [-0.4, -0.2) is 50.0 Å². The highest BCUT2D eigenvalue weighted by molar-refractivity contribution is 7.89. The number of para-hydroxylation sites is 1. The van der Waals surface area contributed by atoms with Gasteiger partial charge in [-0.2, -0.15) is 4.99 Å². The highest BCUT2D eigenvalue weighted by Gasteiger charge is 2.20. The van der Waals surface area contributed by atoms with Crippen LogP contribution in [-0.2, 0) is 21.3 Å². The summed E-state index contributed by atoms with van der Waals surface area (Å²) in [6.45, 7) is 8.19. The second kappa shape index (κ2) is 11.2. The Hall–Kier alpha value is -2.33. The maximum Gasteiger partial charge on any atom is 0.279 e. The van der Waals surface area contributed by atoms with Gasteiger partial charge in [-0.15, -0.1) is 0 Å². The number of benzene rings is 2. The average Bonchev–Trinajstić information content (AvgIpc) is 3.15. The van der Waals surface area contributed by atoms with Crippen LogP contribution in [0.25, 0.3) is 10.2 Å². The predicted octanol–water partition coefficient (Wildman–Crippen LogP) is 4.21. The zero-order chi connectivity index (χ0) is 24.0. The van der Waals surface area contributed by atoms with Crippen LogP contribution >= 0.6 is 11.3 Å². The third-order valence-electron chi connectivity index (χ3n) is 5.40. The first-order valence-electron chi connectivity index (χ1n) is 11.1. The van der Waals surface area contributed by atoms with Gasteiger partial charge in [0, 0.05) is 32.3 Å². The SMILES string of the molecule is CCCCN(C)S(=O)(=O)c1ccc(C(=O)N=c2sc3cccc(C)c3n2CCOCC)cc1. The van der Waals surface area contributed by atoms with Crippen LogP contribution in [0, 0.1) is 6.92 Å². The van der Waals surface area contributed by atoms with Crippen LogP contribution in [0.5, 0.6) is 0 Å². The Kier molecular flexibility index (Phi) is 8.58. The van der Waals surface area contributed by atoms with Crippen LogP contribution < -0.4 is 4.80 Å². The maximum atomic E-state index is 12.9. The summed E-state index contributed by atoms with van der Waals surface area (Å²) in [5.41, 5.74) is 2.50. The molecule has 0 atom stereocenters. The first-order valence-corrected chi connectivity index (χ1v) is 13.4. The molecular weight excluding hydrogens is 458 g/mol. The number of hydrogen-bond acceptors (Lipinski definition) is 5. The van der Waals surface area contributed by atoms with Gasteiger partial charge in [-0.25, -0.2) is 12.7 Å². The van der Waals surface area contributed by atoms with Crippen molar-refractivity contribution in [1.82, 2.24) is 8.87 Å². The molecule has 2 aromatic carbocycles. The zero-order valence-electron chi connectivity index (χ0n) is 19.6. The number of rotatable bonds is 10. The molecule has 3 rings (SSSR count). The van der Waals surface area contributed by atoms with Gasteiger partial charge in [-0.3, -0.25) is 4.79 Å². The van der Waals surface area contributed by atoms with Gasteiger partial charge in [-0.05, 0) is 56.2 Å². The van der Waals surface area contributed by atoms with Crippen LogP contribution in [0.3, 0.4) is 0 Å². The molecule has 1 aromatic heterocycles. The van der Waals surface area contributed by atoms with Gasteiger partial charge in [0.15, 0.2) is 4.80 Å². The number of unbranched alkanes of at least 4 members (excludes halogenated alkanes) is 1. The van der Waals surface area contributed by atoms with Gasteiger partial charge in [0.05, 0.1) is 21.7 Å². The van der Waals surface area contributed by atoms with E-state index < -0.39 is 15.9 Å². The van der Waals surface area contributed by atoms with Crippen LogP contribution in [0.2, 0.25) is 0 Å². The Labute approximate surface area is 199 Å². The molecule has 0 saturated heterocycles. The van der Waals surface area contributed by atoms with Gasteiger partial charge in [-0.1, -0.05) is 36.8 Å².